The highest BCUT2D eigenvalue weighted by atomic mass is 32.2. The summed E-state index contributed by atoms with van der Waals surface area (Å²) in [6, 6.07) is 39.5. The number of carbonyl (C=O) groups excluding carboxylic acids is 3. The van der Waals surface area contributed by atoms with Gasteiger partial charge in [-0.05, 0) is 101 Å². The average Bonchev–Trinajstić information content (AvgIpc) is 3.68. The van der Waals surface area contributed by atoms with Gasteiger partial charge >= 0.3 is 0 Å². The highest BCUT2D eigenvalue weighted by Crippen LogP contribution is 2.41. The fourth-order valence-corrected chi connectivity index (χ4v) is 9.38. The molecule has 6 aromatic carbocycles. The van der Waals surface area contributed by atoms with E-state index < -0.39 is 21.8 Å². The number of rotatable bonds is 19. The molecule has 68 heavy (non-hydrogen) atoms. The minimum Gasteiger partial charge on any atom is -0.491 e. The molecule has 15 heteroatoms. The number of amides is 3. The first-order valence-electron chi connectivity index (χ1n) is 22.9. The number of carbonyl (C=O) groups is 3. The van der Waals surface area contributed by atoms with Crippen LogP contribution in [0.2, 0.25) is 0 Å². The molecular weight excluding hydrogens is 885 g/mol. The van der Waals surface area contributed by atoms with Crippen molar-refractivity contribution in [1.29, 1.82) is 0 Å². The van der Waals surface area contributed by atoms with Crippen molar-refractivity contribution in [2.24, 2.45) is 0 Å². The highest BCUT2D eigenvalue weighted by Gasteiger charge is 2.39. The third-order valence-corrected chi connectivity index (χ3v) is 13.6. The summed E-state index contributed by atoms with van der Waals surface area (Å²) in [5, 5.41) is 4.16. The van der Waals surface area contributed by atoms with Gasteiger partial charge in [0.15, 0.2) is 9.84 Å². The van der Waals surface area contributed by atoms with Crippen molar-refractivity contribution in [3.05, 3.63) is 144 Å². The molecule has 1 atom stereocenters. The molecule has 0 aromatic heterocycles. The Morgan fingerprint density at radius 2 is 1.40 bits per heavy atom. The standard InChI is InChI=1S/C53H54N4O10S/c1-68(61,62)45-17-8-38(9-18-45)46-19-10-39-33-44(66-36-37-5-3-2-4-6-37)16-20-47(39)51(46)67-43-14-12-42(13-15-43)65-32-31-64-30-29-63-28-27-55-23-25-56(26-24-55)41-11-7-40-35-57(53(60)48(40)34-41)49-21-22-50(58)54-52(49)59/h2-20,33-34,49H,21-32,35-36H2,1H3,(H,54,58,59). The Bertz CT molecular complexity index is 2870. The van der Waals surface area contributed by atoms with E-state index in [9.17, 15) is 22.8 Å². The molecule has 3 heterocycles. The zero-order valence-electron chi connectivity index (χ0n) is 37.9. The van der Waals surface area contributed by atoms with E-state index in [0.29, 0.717) is 75.4 Å². The van der Waals surface area contributed by atoms with Gasteiger partial charge in [-0.2, -0.15) is 0 Å². The van der Waals surface area contributed by atoms with E-state index in [-0.39, 0.29) is 23.1 Å². The van der Waals surface area contributed by atoms with E-state index in [4.69, 9.17) is 23.7 Å². The Hall–Kier alpha value is -6.78. The number of nitrogens with zero attached hydrogens (tertiary/aromatic N) is 3. The van der Waals surface area contributed by atoms with Crippen LogP contribution in [-0.4, -0.2) is 114 Å². The Balaban J connectivity index is 0.700. The van der Waals surface area contributed by atoms with Crippen LogP contribution in [0.4, 0.5) is 5.69 Å². The average molecular weight is 939 g/mol. The maximum absolute atomic E-state index is 13.3. The molecule has 2 fully saturated rings. The number of hydrogen-bond donors (Lipinski definition) is 1. The molecule has 9 rings (SSSR count). The molecule has 3 aliphatic heterocycles. The second kappa shape index (κ2) is 21.0. The van der Waals surface area contributed by atoms with Crippen LogP contribution >= 0.6 is 0 Å². The van der Waals surface area contributed by atoms with Gasteiger partial charge in [0.1, 0.15) is 42.3 Å². The number of nitrogens with one attached hydrogen (secondary N) is 1. The predicted octanol–water partition coefficient (Wildman–Crippen LogP) is 7.28. The first-order valence-corrected chi connectivity index (χ1v) is 24.8. The normalized spacial score (nSPS) is 16.5. The molecular formula is C53H54N4O10S. The number of hydrogen-bond acceptors (Lipinski definition) is 12. The smallest absolute Gasteiger partial charge is 0.255 e. The Kier molecular flexibility index (Phi) is 14.3. The summed E-state index contributed by atoms with van der Waals surface area (Å²) in [5.74, 6) is 1.80. The summed E-state index contributed by atoms with van der Waals surface area (Å²) in [5.41, 5.74) is 5.23. The molecule has 0 saturated carbocycles. The van der Waals surface area contributed by atoms with Crippen molar-refractivity contribution in [1.82, 2.24) is 15.1 Å². The molecule has 3 amide bonds. The number of fused-ring (bicyclic) bond motifs is 2. The first-order chi connectivity index (χ1) is 33.1. The summed E-state index contributed by atoms with van der Waals surface area (Å²) in [4.78, 5) is 43.8. The molecule has 14 nitrogen and oxygen atoms in total. The molecule has 3 aliphatic rings. The van der Waals surface area contributed by atoms with Crippen LogP contribution in [0, 0.1) is 0 Å². The van der Waals surface area contributed by atoms with Gasteiger partial charge in [-0.3, -0.25) is 24.6 Å². The molecule has 352 valence electrons. The summed E-state index contributed by atoms with van der Waals surface area (Å²) in [7, 11) is -3.35. The molecule has 0 radical (unpaired) electrons. The Labute approximate surface area is 396 Å². The van der Waals surface area contributed by atoms with Gasteiger partial charge in [-0.1, -0.05) is 54.6 Å². The molecule has 2 saturated heterocycles. The molecule has 0 spiro atoms. The van der Waals surface area contributed by atoms with Gasteiger partial charge in [0.05, 0.1) is 31.3 Å². The summed E-state index contributed by atoms with van der Waals surface area (Å²) >= 11 is 0. The van der Waals surface area contributed by atoms with Crippen LogP contribution in [0.25, 0.3) is 21.9 Å². The zero-order valence-corrected chi connectivity index (χ0v) is 38.8. The molecule has 1 unspecified atom stereocenters. The molecule has 0 bridgehead atoms. The largest absolute Gasteiger partial charge is 0.491 e. The lowest BCUT2D eigenvalue weighted by Crippen LogP contribution is -2.52. The summed E-state index contributed by atoms with van der Waals surface area (Å²) in [6.45, 7) is 7.33. The van der Waals surface area contributed by atoms with Gasteiger partial charge < -0.3 is 33.5 Å². The minimum absolute atomic E-state index is 0.157. The Morgan fingerprint density at radius 3 is 2.15 bits per heavy atom. The third kappa shape index (κ3) is 11.1. The van der Waals surface area contributed by atoms with Crippen LogP contribution < -0.4 is 24.4 Å². The lowest BCUT2D eigenvalue weighted by molar-refractivity contribution is -0.136. The number of imide groups is 1. The van der Waals surface area contributed by atoms with Gasteiger partial charge in [-0.15, -0.1) is 0 Å². The van der Waals surface area contributed by atoms with Crippen LogP contribution in [0.1, 0.15) is 34.3 Å². The maximum atomic E-state index is 13.3. The number of sulfone groups is 1. The number of anilines is 1. The SMILES string of the molecule is CS(=O)(=O)c1ccc(-c2ccc3cc(OCc4ccccc4)ccc3c2Oc2ccc(OCCOCCOCCN3CCN(c4ccc5c(c4)C(=O)N(C4CCC(=O)NC4=O)C5)CC3)cc2)cc1. The van der Waals surface area contributed by atoms with Crippen LogP contribution in [0.5, 0.6) is 23.0 Å². The lowest BCUT2D eigenvalue weighted by Gasteiger charge is -2.36. The second-order valence-corrected chi connectivity index (χ2v) is 19.1. The number of ether oxygens (including phenoxy) is 5. The van der Waals surface area contributed by atoms with Gasteiger partial charge in [0.2, 0.25) is 11.8 Å². The fourth-order valence-electron chi connectivity index (χ4n) is 8.75. The summed E-state index contributed by atoms with van der Waals surface area (Å²) < 4.78 is 54.7. The van der Waals surface area contributed by atoms with E-state index in [1.807, 2.05) is 103 Å². The zero-order chi connectivity index (χ0) is 47.0. The van der Waals surface area contributed by atoms with E-state index in [1.54, 1.807) is 29.2 Å². The lowest BCUT2D eigenvalue weighted by atomic mass is 9.99. The van der Waals surface area contributed by atoms with Gasteiger partial charge in [-0.25, -0.2) is 8.42 Å². The minimum atomic E-state index is -3.35. The van der Waals surface area contributed by atoms with E-state index >= 15 is 0 Å². The van der Waals surface area contributed by atoms with Crippen LogP contribution in [-0.2, 0) is 42.1 Å². The monoisotopic (exact) mass is 938 g/mol. The molecule has 0 aliphatic carbocycles. The van der Waals surface area contributed by atoms with E-state index in [2.05, 4.69) is 15.1 Å². The van der Waals surface area contributed by atoms with Crippen molar-refractivity contribution in [2.75, 3.05) is 76.9 Å². The van der Waals surface area contributed by atoms with Gasteiger partial charge in [0, 0.05) is 74.1 Å². The third-order valence-electron chi connectivity index (χ3n) is 12.5. The van der Waals surface area contributed by atoms with Crippen molar-refractivity contribution in [3.63, 3.8) is 0 Å². The number of piperidine rings is 1. The van der Waals surface area contributed by atoms with Crippen molar-refractivity contribution in [2.45, 2.75) is 36.9 Å². The fraction of sp³-hybridized carbons (Fsp3) is 0.302. The van der Waals surface area contributed by atoms with E-state index in [0.717, 1.165) is 77.2 Å². The molecule has 1 N–H and O–H groups in total. The molecule has 6 aromatic rings. The van der Waals surface area contributed by atoms with Crippen LogP contribution in [0.3, 0.4) is 0 Å². The van der Waals surface area contributed by atoms with Crippen molar-refractivity contribution < 1.29 is 46.5 Å². The van der Waals surface area contributed by atoms with Crippen molar-refractivity contribution in [3.8, 4) is 34.1 Å². The van der Waals surface area contributed by atoms with E-state index in [1.165, 1.54) is 6.26 Å². The van der Waals surface area contributed by atoms with Crippen molar-refractivity contribution >= 4 is 44.0 Å². The summed E-state index contributed by atoms with van der Waals surface area (Å²) in [6.07, 6.45) is 1.78. The number of benzene rings is 6. The first kappa shape index (κ1) is 46.3. The maximum Gasteiger partial charge on any atom is 0.255 e. The highest BCUT2D eigenvalue weighted by molar-refractivity contribution is 7.90. The van der Waals surface area contributed by atoms with Crippen LogP contribution in [0.15, 0.2) is 132 Å². The van der Waals surface area contributed by atoms with Gasteiger partial charge in [0.25, 0.3) is 5.91 Å². The quantitative estimate of drug-likeness (QED) is 0.0642. The predicted molar refractivity (Wildman–Crippen MR) is 258 cm³/mol. The topological polar surface area (TPSA) is 153 Å². The number of piperazine rings is 1. The Morgan fingerprint density at radius 1 is 0.676 bits per heavy atom. The second-order valence-electron chi connectivity index (χ2n) is 17.1.